The minimum atomic E-state index is -2.39. The van der Waals surface area contributed by atoms with Gasteiger partial charge in [0.1, 0.15) is 24.9 Å². The van der Waals surface area contributed by atoms with E-state index < -0.39 is 124 Å². The van der Waals surface area contributed by atoms with Crippen molar-refractivity contribution in [1.82, 2.24) is 20.9 Å². The number of nitrogens with two attached hydrogens (primary N) is 1. The van der Waals surface area contributed by atoms with Gasteiger partial charge in [0.25, 0.3) is 0 Å². The number of amides is 7. The number of hydrogen-bond acceptors (Lipinski definition) is 15. The van der Waals surface area contributed by atoms with Crippen molar-refractivity contribution in [2.45, 2.75) is 172 Å². The first kappa shape index (κ1) is 58.9. The molecule has 20 nitrogen and oxygen atoms in total. The molecule has 13 atom stereocenters. The zero-order valence-corrected chi connectivity index (χ0v) is 45.0. The lowest BCUT2D eigenvalue weighted by molar-refractivity contribution is -0.234. The number of halogens is 2. The molecule has 0 aromatic heterocycles. The van der Waals surface area contributed by atoms with E-state index >= 15 is 8.78 Å². The molecule has 7 N–H and O–H groups in total. The van der Waals surface area contributed by atoms with E-state index in [-0.39, 0.29) is 87.9 Å². The maximum atomic E-state index is 17.9. The molecule has 0 radical (unpaired) electrons. The molecular weight excluding hydrogens is 1030 g/mol. The number of aliphatic hydroxyl groups is 1. The number of aliphatic hydroxyl groups excluding tert-OH is 1. The van der Waals surface area contributed by atoms with Crippen LogP contribution in [0.25, 0.3) is 0 Å². The Morgan fingerprint density at radius 1 is 0.974 bits per heavy atom. The number of nitrogens with zero attached hydrogens (tertiary/aromatic N) is 1. The van der Waals surface area contributed by atoms with Gasteiger partial charge in [0.2, 0.25) is 35.3 Å². The first-order valence-corrected chi connectivity index (χ1v) is 27.1. The summed E-state index contributed by atoms with van der Waals surface area (Å²) in [6, 6.07) is 3.26. The maximum Gasteiger partial charge on any atom is 0.509 e. The highest BCUT2D eigenvalue weighted by Gasteiger charge is 2.80. The number of primary amides is 1. The van der Waals surface area contributed by atoms with Crippen LogP contribution in [-0.2, 0) is 59.1 Å². The summed E-state index contributed by atoms with van der Waals surface area (Å²) < 4.78 is 57.5. The number of ketones is 2. The van der Waals surface area contributed by atoms with Crippen LogP contribution in [0.2, 0.25) is 0 Å². The van der Waals surface area contributed by atoms with Gasteiger partial charge in [-0.25, -0.2) is 18.4 Å². The second kappa shape index (κ2) is 24.1. The average molecular weight is 1100 g/mol. The quantitative estimate of drug-likeness (QED) is 0.0337. The molecule has 77 heavy (non-hydrogen) atoms. The summed E-state index contributed by atoms with van der Waals surface area (Å²) in [6.07, 6.45) is -0.188. The zero-order chi connectivity index (χ0) is 56.2. The molecular formula is C54H72F2N6O14S. The fourth-order valence-corrected chi connectivity index (χ4v) is 13.0. The largest absolute Gasteiger partial charge is 0.509 e. The highest BCUT2D eigenvalue weighted by atomic mass is 32.1. The smallest absolute Gasteiger partial charge is 0.429 e. The number of alkyl halides is 2. The Morgan fingerprint density at radius 2 is 1.70 bits per heavy atom. The molecule has 5 fully saturated rings. The minimum absolute atomic E-state index is 0.0260. The van der Waals surface area contributed by atoms with Gasteiger partial charge in [0, 0.05) is 48.4 Å². The lowest BCUT2D eigenvalue weighted by atomic mass is 9.44. The highest BCUT2D eigenvalue weighted by Crippen LogP contribution is 2.72. The number of anilines is 1. The number of allylic oxidation sites excluding steroid dienone is 4. The minimum Gasteiger partial charge on any atom is -0.429 e. The van der Waals surface area contributed by atoms with Gasteiger partial charge in [0.15, 0.2) is 29.9 Å². The second-order valence-corrected chi connectivity index (χ2v) is 22.5. The van der Waals surface area contributed by atoms with Crippen LogP contribution in [0.1, 0.15) is 117 Å². The molecule has 3 unspecified atom stereocenters. The predicted octanol–water partition coefficient (Wildman–Crippen LogP) is 4.75. The molecule has 0 spiro atoms. The van der Waals surface area contributed by atoms with Crippen molar-refractivity contribution in [3.05, 3.63) is 53.6 Å². The van der Waals surface area contributed by atoms with Crippen molar-refractivity contribution in [3.63, 3.8) is 0 Å². The van der Waals surface area contributed by atoms with Crippen molar-refractivity contribution < 1.29 is 76.0 Å². The Labute approximate surface area is 451 Å². The molecule has 1 aromatic rings. The van der Waals surface area contributed by atoms with Crippen molar-refractivity contribution in [2.24, 2.45) is 34.3 Å². The number of fused-ring (bicyclic) bond motifs is 7. The van der Waals surface area contributed by atoms with E-state index in [1.54, 1.807) is 32.9 Å². The number of carbonyl (C=O) groups is 9. The van der Waals surface area contributed by atoms with E-state index in [2.05, 4.69) is 33.9 Å². The van der Waals surface area contributed by atoms with Crippen LogP contribution in [0.5, 0.6) is 0 Å². The lowest BCUT2D eigenvalue weighted by Gasteiger charge is -2.63. The number of hydrogen-bond donors (Lipinski definition) is 7. The molecule has 2 aliphatic heterocycles. The van der Waals surface area contributed by atoms with E-state index in [0.29, 0.717) is 43.4 Å². The van der Waals surface area contributed by atoms with Gasteiger partial charge >= 0.3 is 12.2 Å². The Hall–Kier alpha value is -5.78. The SMILES string of the molecule is CCCC1O[C@@H]2C[C@H]3[C@@H]4C[C@H](F)C5=CC(=O)C=C[C@]5(C)[C@@]4(F)[C@@H](O)C[C@]3(C)[C@]2(C(=O)COC(=O)OCc2ccc(NC(=O)[C@H](CCCNC(N)=O)NC(=O)C(NC(=O)CCCCCN3C(=O)CC(S)C3=O)C(C)C)cc2)O1. The molecule has 6 aliphatic rings. The molecule has 3 saturated carbocycles. The number of carbonyl (C=O) groups excluding carboxylic acids is 9. The van der Waals surface area contributed by atoms with Gasteiger partial charge in [-0.3, -0.25) is 38.5 Å². The fraction of sp³-hybridized carbons (Fsp3) is 0.648. The average Bonchev–Trinajstić information content (AvgIpc) is 4.08. The molecule has 7 amide bonds. The zero-order valence-electron chi connectivity index (χ0n) is 44.1. The van der Waals surface area contributed by atoms with Crippen LogP contribution in [0.4, 0.5) is 24.1 Å². The number of Topliss-reactive ketones (excluding diaryl/α,β-unsaturated/α-hetero) is 1. The summed E-state index contributed by atoms with van der Waals surface area (Å²) in [4.78, 5) is 117. The maximum absolute atomic E-state index is 17.9. The third-order valence-corrected chi connectivity index (χ3v) is 17.0. The molecule has 0 bridgehead atoms. The number of unbranched alkanes of at least 4 members (excludes halogenated alkanes) is 2. The van der Waals surface area contributed by atoms with Crippen LogP contribution in [0.15, 0.2) is 48.1 Å². The van der Waals surface area contributed by atoms with Gasteiger partial charge in [-0.15, -0.1) is 0 Å². The Kier molecular flexibility index (Phi) is 18.4. The summed E-state index contributed by atoms with van der Waals surface area (Å²) in [5.41, 5.74) is -1.17. The summed E-state index contributed by atoms with van der Waals surface area (Å²) in [5.74, 6) is -5.57. The number of urea groups is 1. The number of ether oxygens (including phenoxy) is 4. The van der Waals surface area contributed by atoms with Gasteiger partial charge in [-0.2, -0.15) is 12.6 Å². The van der Waals surface area contributed by atoms with Crippen molar-refractivity contribution >= 4 is 71.6 Å². The number of thiol groups is 1. The molecule has 4 aliphatic carbocycles. The van der Waals surface area contributed by atoms with E-state index in [1.807, 2.05) is 6.92 Å². The number of likely N-dealkylation sites (tertiary alicyclic amines) is 1. The fourth-order valence-electron chi connectivity index (χ4n) is 12.7. The summed E-state index contributed by atoms with van der Waals surface area (Å²) in [7, 11) is 0. The second-order valence-electron chi connectivity index (χ2n) is 21.9. The van der Waals surface area contributed by atoms with Crippen LogP contribution < -0.4 is 27.0 Å². The van der Waals surface area contributed by atoms with Crippen LogP contribution in [0, 0.1) is 28.6 Å². The predicted molar refractivity (Wildman–Crippen MR) is 276 cm³/mol. The topological polar surface area (TPSA) is 288 Å². The normalized spacial score (nSPS) is 31.8. The van der Waals surface area contributed by atoms with Crippen molar-refractivity contribution in [1.29, 1.82) is 0 Å². The molecule has 2 saturated heterocycles. The number of imide groups is 1. The standard InChI is InChI=1S/C54H72F2N6O14S/c1-6-11-44-75-41-24-33-34-23-36(55)35-22-32(63)18-19-51(35,4)53(34,56)39(64)26-52(33,5)54(41,76-44)40(65)28-74-50(72)73-27-30-14-16-31(17-15-30)59-46(68)37(12-10-20-58-49(57)71)60-47(69)45(29(2)3)61-42(66)13-8-7-9-21-62-43(67)25-38(77)48(62)70/h14-19,22,29,33-34,36-39,41,44-45,64,77H,6-13,20-21,23-28H2,1-5H3,(H,59,68)(H,60,69)(H,61,66)(H3,57,58,71)/t33-,34-,36-,37-,38?,39-,41+,44?,45?,51-,52-,53-,54+/m0/s1. The Bertz CT molecular complexity index is 2530. The van der Waals surface area contributed by atoms with E-state index in [1.165, 1.54) is 36.1 Å². The number of benzene rings is 1. The highest BCUT2D eigenvalue weighted by molar-refractivity contribution is 7.81. The van der Waals surface area contributed by atoms with Gasteiger partial charge < -0.3 is 51.1 Å². The van der Waals surface area contributed by atoms with Crippen LogP contribution in [0.3, 0.4) is 0 Å². The summed E-state index contributed by atoms with van der Waals surface area (Å²) in [6.45, 7) is 7.79. The molecule has 23 heteroatoms. The van der Waals surface area contributed by atoms with Crippen LogP contribution in [-0.4, -0.2) is 136 Å². The first-order valence-electron chi connectivity index (χ1n) is 26.6. The van der Waals surface area contributed by atoms with Crippen molar-refractivity contribution in [3.8, 4) is 0 Å². The molecule has 7 rings (SSSR count). The van der Waals surface area contributed by atoms with E-state index in [4.69, 9.17) is 24.7 Å². The summed E-state index contributed by atoms with van der Waals surface area (Å²) >= 11 is 4.13. The van der Waals surface area contributed by atoms with Gasteiger partial charge in [-0.05, 0) is 106 Å². The molecule has 2 heterocycles. The summed E-state index contributed by atoms with van der Waals surface area (Å²) in [5, 5.41) is 21.9. The van der Waals surface area contributed by atoms with Gasteiger partial charge in [0.05, 0.1) is 17.5 Å². The van der Waals surface area contributed by atoms with E-state index in [0.717, 1.165) is 6.08 Å². The lowest BCUT2D eigenvalue weighted by Crippen LogP contribution is -2.71. The van der Waals surface area contributed by atoms with Crippen LogP contribution >= 0.6 is 12.6 Å². The number of rotatable bonds is 23. The monoisotopic (exact) mass is 1100 g/mol. The van der Waals surface area contributed by atoms with Gasteiger partial charge in [-0.1, -0.05) is 58.7 Å². The first-order chi connectivity index (χ1) is 36.4. The Balaban J connectivity index is 0.927. The third kappa shape index (κ3) is 11.8. The number of nitrogens with one attached hydrogen (secondary N) is 4. The van der Waals surface area contributed by atoms with Crippen molar-refractivity contribution in [2.75, 3.05) is 25.0 Å². The molecule has 422 valence electrons. The molecule has 1 aromatic carbocycles. The van der Waals surface area contributed by atoms with E-state index in [9.17, 15) is 48.3 Å². The Morgan fingerprint density at radius 3 is 2.36 bits per heavy atom. The third-order valence-electron chi connectivity index (χ3n) is 16.6.